The van der Waals surface area contributed by atoms with Gasteiger partial charge in [0.1, 0.15) is 5.03 Å². The molecule has 0 radical (unpaired) electrons. The smallest absolute Gasteiger partial charge is 0.238 e. The molecule has 94 valence electrons. The van der Waals surface area contributed by atoms with E-state index in [9.17, 15) is 0 Å². The molecule has 3 nitrogen and oxygen atoms in total. The quantitative estimate of drug-likeness (QED) is 0.835. The summed E-state index contributed by atoms with van der Waals surface area (Å²) in [7, 11) is 0. The zero-order valence-corrected chi connectivity index (χ0v) is 11.5. The van der Waals surface area contributed by atoms with Gasteiger partial charge in [0.15, 0.2) is 0 Å². The predicted octanol–water partition coefficient (Wildman–Crippen LogP) is 3.34. The van der Waals surface area contributed by atoms with Crippen LogP contribution in [0.25, 0.3) is 0 Å². The number of nitrogens with zero attached hydrogens (tertiary/aromatic N) is 1. The zero-order valence-electron chi connectivity index (χ0n) is 10.7. The van der Waals surface area contributed by atoms with Crippen molar-refractivity contribution in [2.45, 2.75) is 43.4 Å². The monoisotopic (exact) mass is 252 g/mol. The third kappa shape index (κ3) is 4.11. The van der Waals surface area contributed by atoms with Crippen LogP contribution in [0.1, 0.15) is 33.6 Å². The minimum atomic E-state index is 0.150. The summed E-state index contributed by atoms with van der Waals surface area (Å²) in [5.41, 5.74) is 6.49. The summed E-state index contributed by atoms with van der Waals surface area (Å²) < 4.78 is 5.82. The van der Waals surface area contributed by atoms with E-state index >= 15 is 0 Å². The molecular formula is C13H20N2OS. The van der Waals surface area contributed by atoms with Gasteiger partial charge in [0, 0.05) is 4.75 Å². The summed E-state index contributed by atoms with van der Waals surface area (Å²) in [5, 5.41) is 0.970. The molecule has 2 N–H and O–H groups in total. The maximum absolute atomic E-state index is 5.86. The third-order valence-electron chi connectivity index (χ3n) is 2.43. The Morgan fingerprint density at radius 2 is 2.12 bits per heavy atom. The summed E-state index contributed by atoms with van der Waals surface area (Å²) >= 11 is 1.73. The molecule has 0 spiro atoms. The van der Waals surface area contributed by atoms with Crippen LogP contribution in [0.15, 0.2) is 17.2 Å². The number of anilines is 1. The number of ether oxygens (including phenoxy) is 1. The predicted molar refractivity (Wildman–Crippen MR) is 72.5 cm³/mol. The van der Waals surface area contributed by atoms with Crippen molar-refractivity contribution in [1.29, 1.82) is 0 Å². The average molecular weight is 252 g/mol. The van der Waals surface area contributed by atoms with Crippen LogP contribution < -0.4 is 10.5 Å². The lowest BCUT2D eigenvalue weighted by atomic mass is 10.3. The topological polar surface area (TPSA) is 48.1 Å². The Morgan fingerprint density at radius 1 is 1.41 bits per heavy atom. The normalized spacial score (nSPS) is 15.9. The van der Waals surface area contributed by atoms with E-state index in [0.29, 0.717) is 11.6 Å². The van der Waals surface area contributed by atoms with E-state index in [0.717, 1.165) is 17.6 Å². The average Bonchev–Trinajstić information content (AvgIpc) is 3.00. The maximum Gasteiger partial charge on any atom is 0.238 e. The van der Waals surface area contributed by atoms with Crippen LogP contribution in [0.5, 0.6) is 5.88 Å². The highest BCUT2D eigenvalue weighted by atomic mass is 32.2. The molecule has 0 aliphatic heterocycles. The lowest BCUT2D eigenvalue weighted by molar-refractivity contribution is 0.288. The van der Waals surface area contributed by atoms with Crippen LogP contribution in [0.3, 0.4) is 0 Å². The minimum Gasteiger partial charge on any atom is -0.476 e. The summed E-state index contributed by atoms with van der Waals surface area (Å²) in [6.45, 7) is 7.25. The Bertz CT molecular complexity index is 397. The molecule has 0 bridgehead atoms. The van der Waals surface area contributed by atoms with Crippen molar-refractivity contribution in [1.82, 2.24) is 4.98 Å². The number of aromatic nitrogens is 1. The van der Waals surface area contributed by atoms with Crippen LogP contribution >= 0.6 is 11.8 Å². The van der Waals surface area contributed by atoms with E-state index in [1.54, 1.807) is 11.8 Å². The van der Waals surface area contributed by atoms with Gasteiger partial charge in [0.05, 0.1) is 12.3 Å². The maximum atomic E-state index is 5.86. The number of thioether (sulfide) groups is 1. The van der Waals surface area contributed by atoms with Crippen molar-refractivity contribution < 1.29 is 4.74 Å². The van der Waals surface area contributed by atoms with Crippen molar-refractivity contribution in [3.8, 4) is 5.88 Å². The van der Waals surface area contributed by atoms with Gasteiger partial charge in [-0.05, 0) is 30.9 Å². The molecule has 1 heterocycles. The van der Waals surface area contributed by atoms with Gasteiger partial charge in [-0.3, -0.25) is 0 Å². The number of hydrogen-bond acceptors (Lipinski definition) is 4. The number of pyridine rings is 1. The molecule has 1 aliphatic rings. The fourth-order valence-electron chi connectivity index (χ4n) is 1.40. The Labute approximate surface area is 107 Å². The second-order valence-electron chi connectivity index (χ2n) is 5.51. The van der Waals surface area contributed by atoms with Gasteiger partial charge in [-0.1, -0.05) is 20.8 Å². The molecule has 1 fully saturated rings. The second kappa shape index (κ2) is 4.77. The molecule has 0 saturated heterocycles. The van der Waals surface area contributed by atoms with Crippen molar-refractivity contribution in [3.05, 3.63) is 12.1 Å². The standard InChI is InChI=1S/C13H20N2OS/c1-13(2,3)17-11-7-6-10(14)12(15-11)16-8-9-4-5-9/h6-7,9H,4-5,8,14H2,1-3H3. The molecule has 2 rings (SSSR count). The van der Waals surface area contributed by atoms with Gasteiger partial charge in [0.2, 0.25) is 5.88 Å². The Morgan fingerprint density at radius 3 is 2.71 bits per heavy atom. The Hall–Kier alpha value is -0.900. The summed E-state index contributed by atoms with van der Waals surface area (Å²) in [6.07, 6.45) is 2.55. The van der Waals surface area contributed by atoms with Crippen molar-refractivity contribution in [3.63, 3.8) is 0 Å². The van der Waals surface area contributed by atoms with E-state index < -0.39 is 0 Å². The Balaban J connectivity index is 2.05. The molecule has 17 heavy (non-hydrogen) atoms. The highest BCUT2D eigenvalue weighted by Crippen LogP contribution is 2.34. The molecule has 1 aliphatic carbocycles. The molecule has 1 aromatic rings. The van der Waals surface area contributed by atoms with Gasteiger partial charge in [0.25, 0.3) is 0 Å². The highest BCUT2D eigenvalue weighted by molar-refractivity contribution is 8.00. The molecule has 1 aromatic heterocycles. The molecule has 0 aromatic carbocycles. The largest absolute Gasteiger partial charge is 0.476 e. The summed E-state index contributed by atoms with van der Waals surface area (Å²) in [6, 6.07) is 3.83. The van der Waals surface area contributed by atoms with Crippen molar-refractivity contribution in [2.75, 3.05) is 12.3 Å². The highest BCUT2D eigenvalue weighted by Gasteiger charge is 2.23. The van der Waals surface area contributed by atoms with Crippen LogP contribution in [-0.2, 0) is 0 Å². The van der Waals surface area contributed by atoms with Crippen LogP contribution in [-0.4, -0.2) is 16.3 Å². The first kappa shape index (κ1) is 12.6. The first-order valence-electron chi connectivity index (χ1n) is 6.02. The fraction of sp³-hybridized carbons (Fsp3) is 0.615. The molecule has 0 atom stereocenters. The SMILES string of the molecule is CC(C)(C)Sc1ccc(N)c(OCC2CC2)n1. The van der Waals surface area contributed by atoms with Gasteiger partial charge in [-0.25, -0.2) is 4.98 Å². The number of hydrogen-bond donors (Lipinski definition) is 1. The fourth-order valence-corrected chi connectivity index (χ4v) is 2.29. The van der Waals surface area contributed by atoms with Crippen LogP contribution in [0.4, 0.5) is 5.69 Å². The lowest BCUT2D eigenvalue weighted by Crippen LogP contribution is -2.09. The van der Waals surface area contributed by atoms with Crippen molar-refractivity contribution >= 4 is 17.4 Å². The third-order valence-corrected chi connectivity index (χ3v) is 3.48. The molecule has 1 saturated carbocycles. The molecular weight excluding hydrogens is 232 g/mol. The summed E-state index contributed by atoms with van der Waals surface area (Å²) in [5.74, 6) is 1.31. The van der Waals surface area contributed by atoms with Gasteiger partial charge in [-0.2, -0.15) is 0 Å². The molecule has 0 amide bonds. The Kier molecular flexibility index (Phi) is 3.52. The first-order valence-corrected chi connectivity index (χ1v) is 6.84. The van der Waals surface area contributed by atoms with Gasteiger partial charge >= 0.3 is 0 Å². The van der Waals surface area contributed by atoms with E-state index in [2.05, 4.69) is 25.8 Å². The number of nitrogen functional groups attached to an aromatic ring is 1. The first-order chi connectivity index (χ1) is 7.94. The van der Waals surface area contributed by atoms with E-state index in [1.165, 1.54) is 12.8 Å². The van der Waals surface area contributed by atoms with Gasteiger partial charge in [-0.15, -0.1) is 11.8 Å². The zero-order chi connectivity index (χ0) is 12.5. The van der Waals surface area contributed by atoms with E-state index in [4.69, 9.17) is 10.5 Å². The molecule has 4 heteroatoms. The van der Waals surface area contributed by atoms with E-state index in [1.807, 2.05) is 12.1 Å². The number of rotatable bonds is 4. The van der Waals surface area contributed by atoms with Crippen LogP contribution in [0.2, 0.25) is 0 Å². The minimum absolute atomic E-state index is 0.150. The van der Waals surface area contributed by atoms with E-state index in [-0.39, 0.29) is 4.75 Å². The molecule has 0 unspecified atom stereocenters. The summed E-state index contributed by atoms with van der Waals surface area (Å²) in [4.78, 5) is 4.47. The van der Waals surface area contributed by atoms with Gasteiger partial charge < -0.3 is 10.5 Å². The lowest BCUT2D eigenvalue weighted by Gasteiger charge is -2.17. The number of nitrogens with two attached hydrogens (primary N) is 1. The van der Waals surface area contributed by atoms with Crippen molar-refractivity contribution in [2.24, 2.45) is 5.92 Å². The second-order valence-corrected chi connectivity index (χ2v) is 7.36. The van der Waals surface area contributed by atoms with Crippen LogP contribution in [0, 0.1) is 5.92 Å².